The summed E-state index contributed by atoms with van der Waals surface area (Å²) in [6.45, 7) is 8.01. The molecule has 3 nitrogen and oxygen atoms in total. The van der Waals surface area contributed by atoms with Gasteiger partial charge in [0.2, 0.25) is 5.91 Å². The second kappa shape index (κ2) is 8.61. The number of carbonyl (C=O) groups excluding carboxylic acids is 1. The number of benzene rings is 2. The van der Waals surface area contributed by atoms with Crippen LogP contribution in [0.4, 0.5) is 0 Å². The van der Waals surface area contributed by atoms with Gasteiger partial charge in [0.15, 0.2) is 0 Å². The van der Waals surface area contributed by atoms with Crippen molar-refractivity contribution in [3.05, 3.63) is 64.2 Å². The van der Waals surface area contributed by atoms with Gasteiger partial charge in [0.05, 0.1) is 12.5 Å². The number of hydrogen-bond acceptors (Lipinski definition) is 2. The van der Waals surface area contributed by atoms with Crippen molar-refractivity contribution in [2.45, 2.75) is 64.7 Å². The van der Waals surface area contributed by atoms with Gasteiger partial charge in [-0.15, -0.1) is 0 Å². The standard InChI is InChI=1S/C26H33NO2/c1-17(2)16-19-4-6-20(7-5-19)18(3)26(28)27-14-12-22-9-8-21-10-11-24-23(25(21)22)13-15-29-24/h4-7,10-11,17-18,22H,8-9,12-16H2,1-3H3,(H,27,28). The Hall–Kier alpha value is -2.29. The van der Waals surface area contributed by atoms with Gasteiger partial charge in [0.1, 0.15) is 5.75 Å². The molecule has 0 saturated carbocycles. The van der Waals surface area contributed by atoms with Crippen LogP contribution in [-0.2, 0) is 24.1 Å². The summed E-state index contributed by atoms with van der Waals surface area (Å²) in [7, 11) is 0. The Bertz CT molecular complexity index is 869. The van der Waals surface area contributed by atoms with Gasteiger partial charge in [-0.2, -0.15) is 0 Å². The molecule has 0 bridgehead atoms. The molecule has 0 spiro atoms. The summed E-state index contributed by atoms with van der Waals surface area (Å²) in [5.41, 5.74) is 6.86. The lowest BCUT2D eigenvalue weighted by Gasteiger charge is -2.17. The van der Waals surface area contributed by atoms with Crippen molar-refractivity contribution < 1.29 is 9.53 Å². The highest BCUT2D eigenvalue weighted by Crippen LogP contribution is 2.43. The van der Waals surface area contributed by atoms with Gasteiger partial charge >= 0.3 is 0 Å². The van der Waals surface area contributed by atoms with Crippen LogP contribution in [-0.4, -0.2) is 19.1 Å². The summed E-state index contributed by atoms with van der Waals surface area (Å²) in [5.74, 6) is 2.29. The zero-order valence-electron chi connectivity index (χ0n) is 18.0. The number of ether oxygens (including phenoxy) is 1. The Morgan fingerprint density at radius 3 is 2.66 bits per heavy atom. The van der Waals surface area contributed by atoms with Crippen molar-refractivity contribution in [3.8, 4) is 5.75 Å². The largest absolute Gasteiger partial charge is 0.493 e. The molecule has 1 aliphatic carbocycles. The molecule has 0 radical (unpaired) electrons. The molecule has 4 rings (SSSR count). The number of fused-ring (bicyclic) bond motifs is 3. The van der Waals surface area contributed by atoms with Gasteiger partial charge in [0.25, 0.3) is 0 Å². The Balaban J connectivity index is 1.32. The van der Waals surface area contributed by atoms with E-state index in [4.69, 9.17) is 4.74 Å². The van der Waals surface area contributed by atoms with Crippen LogP contribution in [0, 0.1) is 5.92 Å². The monoisotopic (exact) mass is 391 g/mol. The van der Waals surface area contributed by atoms with Crippen molar-refractivity contribution in [2.24, 2.45) is 5.92 Å². The molecule has 1 amide bonds. The van der Waals surface area contributed by atoms with E-state index < -0.39 is 0 Å². The van der Waals surface area contributed by atoms with Gasteiger partial charge in [-0.1, -0.05) is 44.2 Å². The van der Waals surface area contributed by atoms with Crippen molar-refractivity contribution >= 4 is 5.91 Å². The Labute approximate surface area is 174 Å². The summed E-state index contributed by atoms with van der Waals surface area (Å²) in [6.07, 6.45) is 5.47. The van der Waals surface area contributed by atoms with E-state index in [2.05, 4.69) is 55.6 Å². The highest BCUT2D eigenvalue weighted by Gasteiger charge is 2.29. The molecule has 2 atom stereocenters. The second-order valence-electron chi connectivity index (χ2n) is 9.09. The first kappa shape index (κ1) is 20.0. The topological polar surface area (TPSA) is 38.3 Å². The first-order valence-electron chi connectivity index (χ1n) is 11.2. The quantitative estimate of drug-likeness (QED) is 0.708. The molecule has 2 aromatic carbocycles. The van der Waals surface area contributed by atoms with Crippen molar-refractivity contribution in [1.82, 2.24) is 5.32 Å². The van der Waals surface area contributed by atoms with Gasteiger partial charge in [-0.3, -0.25) is 4.79 Å². The van der Waals surface area contributed by atoms with Crippen molar-refractivity contribution in [1.29, 1.82) is 0 Å². The number of aryl methyl sites for hydroxylation is 1. The summed E-state index contributed by atoms with van der Waals surface area (Å²) < 4.78 is 5.75. The second-order valence-corrected chi connectivity index (χ2v) is 9.09. The van der Waals surface area contributed by atoms with Crippen LogP contribution in [0.5, 0.6) is 5.75 Å². The maximum absolute atomic E-state index is 12.7. The first-order chi connectivity index (χ1) is 14.0. The predicted octanol–water partition coefficient (Wildman–Crippen LogP) is 5.16. The summed E-state index contributed by atoms with van der Waals surface area (Å²) in [5, 5.41) is 3.18. The minimum Gasteiger partial charge on any atom is -0.493 e. The lowest BCUT2D eigenvalue weighted by atomic mass is 9.91. The van der Waals surface area contributed by atoms with Crippen LogP contribution < -0.4 is 10.1 Å². The molecule has 0 aromatic heterocycles. The fourth-order valence-corrected chi connectivity index (χ4v) is 4.93. The average molecular weight is 392 g/mol. The van der Waals surface area contributed by atoms with Crippen molar-refractivity contribution in [2.75, 3.05) is 13.2 Å². The molecule has 2 unspecified atom stereocenters. The average Bonchev–Trinajstić information content (AvgIpc) is 3.34. The Morgan fingerprint density at radius 2 is 1.90 bits per heavy atom. The molecule has 3 heteroatoms. The van der Waals surface area contributed by atoms with Crippen LogP contribution in [0.2, 0.25) is 0 Å². The van der Waals surface area contributed by atoms with E-state index in [0.29, 0.717) is 11.8 Å². The van der Waals surface area contributed by atoms with Crippen molar-refractivity contribution in [3.63, 3.8) is 0 Å². The van der Waals surface area contributed by atoms with E-state index >= 15 is 0 Å². The molecule has 154 valence electrons. The highest BCUT2D eigenvalue weighted by molar-refractivity contribution is 5.83. The van der Waals surface area contributed by atoms with E-state index in [1.54, 1.807) is 0 Å². The zero-order chi connectivity index (χ0) is 20.4. The highest BCUT2D eigenvalue weighted by atomic mass is 16.5. The SMILES string of the molecule is CC(C)Cc1ccc(C(C)C(=O)NCCC2CCc3ccc4c(c32)CCO4)cc1. The molecule has 0 fully saturated rings. The fourth-order valence-electron chi connectivity index (χ4n) is 4.93. The third kappa shape index (κ3) is 4.34. The number of carbonyl (C=O) groups is 1. The molecule has 2 aromatic rings. The molecule has 29 heavy (non-hydrogen) atoms. The number of amides is 1. The summed E-state index contributed by atoms with van der Waals surface area (Å²) >= 11 is 0. The van der Waals surface area contributed by atoms with Crippen LogP contribution in [0.15, 0.2) is 36.4 Å². The summed E-state index contributed by atoms with van der Waals surface area (Å²) in [4.78, 5) is 12.7. The minimum absolute atomic E-state index is 0.114. The molecule has 1 aliphatic heterocycles. The third-order valence-electron chi connectivity index (χ3n) is 6.49. The molecular formula is C26H33NO2. The lowest BCUT2D eigenvalue weighted by molar-refractivity contribution is -0.122. The predicted molar refractivity (Wildman–Crippen MR) is 118 cm³/mol. The fraction of sp³-hybridized carbons (Fsp3) is 0.500. The van der Waals surface area contributed by atoms with E-state index in [-0.39, 0.29) is 11.8 Å². The molecule has 1 heterocycles. The van der Waals surface area contributed by atoms with Gasteiger partial charge < -0.3 is 10.1 Å². The zero-order valence-corrected chi connectivity index (χ0v) is 18.0. The normalized spacial score (nSPS) is 18.3. The number of rotatable bonds is 7. The van der Waals surface area contributed by atoms with Crippen LogP contribution in [0.1, 0.15) is 73.3 Å². The third-order valence-corrected chi connectivity index (χ3v) is 6.49. The Kier molecular flexibility index (Phi) is 5.94. The van der Waals surface area contributed by atoms with Gasteiger partial charge in [-0.25, -0.2) is 0 Å². The van der Waals surface area contributed by atoms with Crippen LogP contribution >= 0.6 is 0 Å². The van der Waals surface area contributed by atoms with E-state index in [1.165, 1.54) is 28.7 Å². The van der Waals surface area contributed by atoms with Gasteiger partial charge in [-0.05, 0) is 72.8 Å². The smallest absolute Gasteiger partial charge is 0.227 e. The van der Waals surface area contributed by atoms with E-state index in [9.17, 15) is 4.79 Å². The molecule has 2 aliphatic rings. The Morgan fingerprint density at radius 1 is 1.10 bits per heavy atom. The number of hydrogen-bond donors (Lipinski definition) is 1. The molecular weight excluding hydrogens is 358 g/mol. The maximum Gasteiger partial charge on any atom is 0.227 e. The van der Waals surface area contributed by atoms with E-state index in [1.807, 2.05) is 6.92 Å². The maximum atomic E-state index is 12.7. The van der Waals surface area contributed by atoms with Gasteiger partial charge in [0, 0.05) is 18.5 Å². The van der Waals surface area contributed by atoms with E-state index in [0.717, 1.165) is 50.1 Å². The summed E-state index contributed by atoms with van der Waals surface area (Å²) in [6, 6.07) is 12.9. The van der Waals surface area contributed by atoms with Crippen LogP contribution in [0.3, 0.4) is 0 Å². The number of nitrogens with one attached hydrogen (secondary N) is 1. The first-order valence-corrected chi connectivity index (χ1v) is 11.2. The lowest BCUT2D eigenvalue weighted by Crippen LogP contribution is -2.29. The van der Waals surface area contributed by atoms with Crippen LogP contribution in [0.25, 0.3) is 0 Å². The minimum atomic E-state index is -0.114. The molecule has 0 saturated heterocycles. The molecule has 1 N–H and O–H groups in total.